The number of nitrogens with zero attached hydrogens (tertiary/aromatic N) is 2. The van der Waals surface area contributed by atoms with Crippen LogP contribution in [0.4, 0.5) is 0 Å². The first-order valence-corrected chi connectivity index (χ1v) is 12.3. The van der Waals surface area contributed by atoms with E-state index in [2.05, 4.69) is 60.3 Å². The molecular formula is C26H27N2O3P+2. The van der Waals surface area contributed by atoms with Gasteiger partial charge in [0.1, 0.15) is 0 Å². The van der Waals surface area contributed by atoms with Crippen LogP contribution in [0.15, 0.2) is 97.6 Å². The van der Waals surface area contributed by atoms with Crippen LogP contribution in [0, 0.1) is 0 Å². The van der Waals surface area contributed by atoms with Crippen LogP contribution in [0.3, 0.4) is 0 Å². The van der Waals surface area contributed by atoms with E-state index < -0.39 is 7.60 Å². The van der Waals surface area contributed by atoms with E-state index in [1.54, 1.807) is 18.2 Å². The van der Waals surface area contributed by atoms with Gasteiger partial charge in [-0.1, -0.05) is 43.7 Å². The Kier molecular flexibility index (Phi) is 6.61. The second-order valence-corrected chi connectivity index (χ2v) is 9.42. The minimum absolute atomic E-state index is 0.0761. The van der Waals surface area contributed by atoms with E-state index in [0.717, 1.165) is 29.7 Å². The molecule has 0 spiro atoms. The SMILES string of the molecule is CCCc1cccc(-[n+]2ccc(-c3cc[n+](Cc4ccccc4P(=O)(O)O)cc3)cc2)c1. The smallest absolute Gasteiger partial charge is 0.321 e. The molecule has 0 bridgehead atoms. The Hall–Kier alpha value is -3.11. The van der Waals surface area contributed by atoms with E-state index in [1.165, 1.54) is 11.6 Å². The van der Waals surface area contributed by atoms with Gasteiger partial charge in [0.25, 0.3) is 0 Å². The first kappa shape index (κ1) is 22.1. The van der Waals surface area contributed by atoms with E-state index in [1.807, 2.05) is 29.1 Å². The van der Waals surface area contributed by atoms with Crippen LogP contribution in [0.1, 0.15) is 24.5 Å². The van der Waals surface area contributed by atoms with Crippen LogP contribution in [-0.2, 0) is 17.5 Å². The normalized spacial score (nSPS) is 11.5. The number of hydrogen-bond acceptors (Lipinski definition) is 1. The minimum Gasteiger partial charge on any atom is -0.321 e. The summed E-state index contributed by atoms with van der Waals surface area (Å²) in [6.45, 7) is 2.58. The highest BCUT2D eigenvalue weighted by Gasteiger charge is 2.22. The summed E-state index contributed by atoms with van der Waals surface area (Å²) in [5.74, 6) is 0. The van der Waals surface area contributed by atoms with E-state index >= 15 is 0 Å². The summed E-state index contributed by atoms with van der Waals surface area (Å²) < 4.78 is 15.8. The quantitative estimate of drug-likeness (QED) is 0.336. The van der Waals surface area contributed by atoms with Crippen LogP contribution in [0.5, 0.6) is 0 Å². The lowest BCUT2D eigenvalue weighted by Crippen LogP contribution is -2.35. The molecule has 0 aliphatic heterocycles. The molecule has 32 heavy (non-hydrogen) atoms. The standard InChI is InChI=1S/C26H25N2O3P/c1-2-6-21-7-5-9-25(19-21)28-17-13-23(14-18-28)22-11-15-27(16-12-22)20-24-8-3-4-10-26(24)32(29,30)31/h3-5,7-19H,2,6,20H2,1H3/p+2. The summed E-state index contributed by atoms with van der Waals surface area (Å²) in [7, 11) is -4.30. The molecular weight excluding hydrogens is 419 g/mol. The summed E-state index contributed by atoms with van der Waals surface area (Å²) in [5, 5.41) is 0.0761. The fraction of sp³-hybridized carbons (Fsp3) is 0.154. The molecule has 2 heterocycles. The van der Waals surface area contributed by atoms with Gasteiger partial charge in [-0.15, -0.1) is 0 Å². The van der Waals surface area contributed by atoms with Crippen molar-refractivity contribution in [3.05, 3.63) is 109 Å². The maximum absolute atomic E-state index is 11.7. The van der Waals surface area contributed by atoms with Gasteiger partial charge in [0.05, 0.1) is 5.30 Å². The van der Waals surface area contributed by atoms with Crippen molar-refractivity contribution in [2.24, 2.45) is 0 Å². The zero-order chi connectivity index (χ0) is 22.6. The van der Waals surface area contributed by atoms with Gasteiger partial charge in [-0.2, -0.15) is 4.57 Å². The first-order valence-electron chi connectivity index (χ1n) is 10.7. The van der Waals surface area contributed by atoms with Crippen LogP contribution in [-0.4, -0.2) is 9.79 Å². The Morgan fingerprint density at radius 1 is 0.812 bits per heavy atom. The van der Waals surface area contributed by atoms with Gasteiger partial charge in [0, 0.05) is 42.0 Å². The lowest BCUT2D eigenvalue weighted by Gasteiger charge is -2.08. The van der Waals surface area contributed by atoms with Crippen LogP contribution < -0.4 is 14.4 Å². The van der Waals surface area contributed by atoms with Gasteiger partial charge in [-0.3, -0.25) is 4.57 Å². The van der Waals surface area contributed by atoms with E-state index in [4.69, 9.17) is 0 Å². The monoisotopic (exact) mass is 446 g/mol. The maximum Gasteiger partial charge on any atom is 0.356 e. The fourth-order valence-electron chi connectivity index (χ4n) is 3.83. The fourth-order valence-corrected chi connectivity index (χ4v) is 4.63. The van der Waals surface area contributed by atoms with Gasteiger partial charge in [-0.05, 0) is 29.2 Å². The van der Waals surface area contributed by atoms with Crippen molar-refractivity contribution in [1.29, 1.82) is 0 Å². The van der Waals surface area contributed by atoms with Crippen molar-refractivity contribution in [3.63, 3.8) is 0 Å². The van der Waals surface area contributed by atoms with Crippen LogP contribution >= 0.6 is 7.60 Å². The lowest BCUT2D eigenvalue weighted by atomic mass is 10.1. The number of aromatic nitrogens is 2. The van der Waals surface area contributed by atoms with Crippen molar-refractivity contribution in [3.8, 4) is 16.8 Å². The maximum atomic E-state index is 11.7. The molecule has 4 rings (SSSR count). The number of rotatable bonds is 7. The Morgan fingerprint density at radius 3 is 2.12 bits per heavy atom. The third-order valence-corrected chi connectivity index (χ3v) is 6.52. The van der Waals surface area contributed by atoms with E-state index in [0.29, 0.717) is 12.1 Å². The highest BCUT2D eigenvalue weighted by molar-refractivity contribution is 7.60. The molecule has 0 amide bonds. The van der Waals surface area contributed by atoms with Gasteiger partial charge < -0.3 is 9.79 Å². The van der Waals surface area contributed by atoms with Crippen molar-refractivity contribution < 1.29 is 23.5 Å². The molecule has 0 fully saturated rings. The highest BCUT2D eigenvalue weighted by Crippen LogP contribution is 2.34. The van der Waals surface area contributed by atoms with E-state index in [-0.39, 0.29) is 5.30 Å². The first-order chi connectivity index (χ1) is 15.4. The molecule has 0 aliphatic rings. The van der Waals surface area contributed by atoms with Gasteiger partial charge in [0.2, 0.25) is 5.69 Å². The van der Waals surface area contributed by atoms with Gasteiger partial charge >= 0.3 is 7.60 Å². The molecule has 0 unspecified atom stereocenters. The van der Waals surface area contributed by atoms with Crippen molar-refractivity contribution in [2.75, 3.05) is 0 Å². The van der Waals surface area contributed by atoms with Crippen LogP contribution in [0.2, 0.25) is 0 Å². The second kappa shape index (κ2) is 9.58. The predicted molar refractivity (Wildman–Crippen MR) is 125 cm³/mol. The molecule has 2 aromatic carbocycles. The zero-order valence-electron chi connectivity index (χ0n) is 18.0. The van der Waals surface area contributed by atoms with Crippen molar-refractivity contribution >= 4 is 12.9 Å². The molecule has 5 nitrogen and oxygen atoms in total. The van der Waals surface area contributed by atoms with Crippen LogP contribution in [0.25, 0.3) is 16.8 Å². The summed E-state index contributed by atoms with van der Waals surface area (Å²) in [6, 6.07) is 23.5. The van der Waals surface area contributed by atoms with Crippen molar-refractivity contribution in [2.45, 2.75) is 26.3 Å². The van der Waals surface area contributed by atoms with Crippen molar-refractivity contribution in [1.82, 2.24) is 0 Å². The third-order valence-electron chi connectivity index (χ3n) is 5.46. The molecule has 4 aromatic rings. The summed E-state index contributed by atoms with van der Waals surface area (Å²) in [6.07, 6.45) is 10.2. The minimum atomic E-state index is -4.30. The Morgan fingerprint density at radius 2 is 1.47 bits per heavy atom. The number of benzene rings is 2. The predicted octanol–water partition coefficient (Wildman–Crippen LogP) is 3.72. The molecule has 6 heteroatoms. The van der Waals surface area contributed by atoms with Gasteiger partial charge in [-0.25, -0.2) is 4.57 Å². The Balaban J connectivity index is 1.52. The number of aryl methyl sites for hydroxylation is 1. The van der Waals surface area contributed by atoms with E-state index in [9.17, 15) is 14.4 Å². The highest BCUT2D eigenvalue weighted by atomic mass is 31.2. The zero-order valence-corrected chi connectivity index (χ0v) is 18.9. The third kappa shape index (κ3) is 5.20. The Labute approximate surface area is 188 Å². The number of hydrogen-bond donors (Lipinski definition) is 2. The molecule has 0 saturated heterocycles. The Bertz CT molecular complexity index is 1250. The summed E-state index contributed by atoms with van der Waals surface area (Å²) in [5.41, 5.74) is 5.29. The molecule has 0 saturated carbocycles. The molecule has 0 radical (unpaired) electrons. The molecule has 0 atom stereocenters. The second-order valence-electron chi connectivity index (χ2n) is 7.85. The lowest BCUT2D eigenvalue weighted by molar-refractivity contribution is -0.688. The largest absolute Gasteiger partial charge is 0.356 e. The summed E-state index contributed by atoms with van der Waals surface area (Å²) in [4.78, 5) is 19.2. The van der Waals surface area contributed by atoms with Gasteiger partial charge in [0.15, 0.2) is 31.3 Å². The number of pyridine rings is 2. The molecule has 2 aromatic heterocycles. The molecule has 162 valence electrons. The molecule has 0 aliphatic carbocycles. The molecule has 2 N–H and O–H groups in total. The average Bonchev–Trinajstić information content (AvgIpc) is 2.80. The topological polar surface area (TPSA) is 65.3 Å². The summed E-state index contributed by atoms with van der Waals surface area (Å²) >= 11 is 0. The average molecular weight is 446 g/mol.